The van der Waals surface area contributed by atoms with Gasteiger partial charge in [-0.3, -0.25) is 0 Å². The van der Waals surface area contributed by atoms with Gasteiger partial charge in [0.25, 0.3) is 0 Å². The van der Waals surface area contributed by atoms with Crippen molar-refractivity contribution >= 4 is 7.14 Å². The minimum Gasteiger partial charge on any atom is -0.389 e. The molecular weight excluding hydrogens is 151 g/mol. The lowest BCUT2D eigenvalue weighted by Crippen LogP contribution is -1.98. The van der Waals surface area contributed by atoms with Crippen LogP contribution in [0.15, 0.2) is 0 Å². The molecule has 3 nitrogen and oxygen atoms in total. The molecule has 0 rings (SSSR count). The maximum Gasteiger partial charge on any atom is 0.136 e. The van der Waals surface area contributed by atoms with E-state index in [0.717, 1.165) is 12.8 Å². The number of hydrogen-bond donors (Lipinski definition) is 2. The molecule has 2 N–H and O–H groups in total. The molecule has 0 saturated carbocycles. The first-order chi connectivity index (χ1) is 4.68. The van der Waals surface area contributed by atoms with Gasteiger partial charge in [-0.05, 0) is 6.42 Å². The zero-order valence-corrected chi connectivity index (χ0v) is 7.18. The highest BCUT2D eigenvalue weighted by Crippen LogP contribution is 2.43. The van der Waals surface area contributed by atoms with Crippen molar-refractivity contribution in [3.05, 3.63) is 0 Å². The highest BCUT2D eigenvalue weighted by Gasteiger charge is 2.17. The fourth-order valence-corrected chi connectivity index (χ4v) is 1.90. The summed E-state index contributed by atoms with van der Waals surface area (Å²) in [5.41, 5.74) is 0. The lowest BCUT2D eigenvalue weighted by atomic mass is 10.4. The Balaban J connectivity index is 3.70. The summed E-state index contributed by atoms with van der Waals surface area (Å²) in [4.78, 5) is 0. The first kappa shape index (κ1) is 10.2. The van der Waals surface area contributed by atoms with Crippen molar-refractivity contribution in [1.82, 2.24) is 0 Å². The zero-order valence-electron chi connectivity index (χ0n) is 6.29. The van der Waals surface area contributed by atoms with Gasteiger partial charge in [0.05, 0.1) is 12.7 Å². The van der Waals surface area contributed by atoms with Gasteiger partial charge in [-0.15, -0.1) is 0 Å². The predicted octanol–water partition coefficient (Wildman–Crippen LogP) is 1.05. The summed E-state index contributed by atoms with van der Waals surface area (Å²) in [6, 6.07) is 0. The van der Waals surface area contributed by atoms with E-state index < -0.39 is 7.14 Å². The van der Waals surface area contributed by atoms with Crippen LogP contribution in [0, 0.1) is 0 Å². The molecule has 0 atom stereocenters. The van der Waals surface area contributed by atoms with E-state index in [2.05, 4.69) is 0 Å². The van der Waals surface area contributed by atoms with E-state index >= 15 is 0 Å². The summed E-state index contributed by atoms with van der Waals surface area (Å²) in [5, 5.41) is 17.2. The summed E-state index contributed by atoms with van der Waals surface area (Å²) in [7, 11) is -2.59. The van der Waals surface area contributed by atoms with Crippen molar-refractivity contribution in [3.8, 4) is 0 Å². The fraction of sp³-hybridized carbons (Fsp3) is 1.00. The van der Waals surface area contributed by atoms with Crippen LogP contribution < -0.4 is 0 Å². The van der Waals surface area contributed by atoms with Crippen LogP contribution in [0.5, 0.6) is 0 Å². The molecule has 0 aromatic rings. The molecule has 0 unspecified atom stereocenters. The molecule has 0 aromatic carbocycles. The highest BCUT2D eigenvalue weighted by molar-refractivity contribution is 7.63. The van der Waals surface area contributed by atoms with E-state index in [4.69, 9.17) is 10.2 Å². The Morgan fingerprint density at radius 2 is 1.80 bits per heavy atom. The van der Waals surface area contributed by atoms with Crippen LogP contribution in [0.1, 0.15) is 19.8 Å². The average molecular weight is 166 g/mol. The molecule has 0 aliphatic carbocycles. The molecule has 0 bridgehead atoms. The Kier molecular flexibility index (Phi) is 4.96. The largest absolute Gasteiger partial charge is 0.389 e. The lowest BCUT2D eigenvalue weighted by molar-refractivity contribution is 0.324. The van der Waals surface area contributed by atoms with E-state index in [-0.39, 0.29) is 12.7 Å². The summed E-state index contributed by atoms with van der Waals surface area (Å²) in [6.07, 6.45) is 1.52. The minimum absolute atomic E-state index is 0.358. The van der Waals surface area contributed by atoms with Gasteiger partial charge < -0.3 is 14.8 Å². The van der Waals surface area contributed by atoms with Crippen LogP contribution in [0.2, 0.25) is 0 Å². The number of aliphatic hydroxyl groups is 2. The summed E-state index contributed by atoms with van der Waals surface area (Å²) in [6.45, 7) is 1.99. The second kappa shape index (κ2) is 4.89. The van der Waals surface area contributed by atoms with Crippen LogP contribution in [-0.2, 0) is 4.57 Å². The Morgan fingerprint density at radius 1 is 1.30 bits per heavy atom. The SMILES string of the molecule is CCCCP(=O)(CO)CO. The first-order valence-corrected chi connectivity index (χ1v) is 5.73. The normalized spacial score (nSPS) is 11.9. The van der Waals surface area contributed by atoms with Crippen molar-refractivity contribution < 1.29 is 14.8 Å². The molecule has 62 valence electrons. The van der Waals surface area contributed by atoms with E-state index in [1.807, 2.05) is 6.92 Å². The van der Waals surface area contributed by atoms with Crippen LogP contribution in [0.25, 0.3) is 0 Å². The maximum absolute atomic E-state index is 11.2. The van der Waals surface area contributed by atoms with Gasteiger partial charge in [0.1, 0.15) is 7.14 Å². The zero-order chi connectivity index (χ0) is 8.04. The van der Waals surface area contributed by atoms with Gasteiger partial charge >= 0.3 is 0 Å². The Labute approximate surface area is 61.4 Å². The topological polar surface area (TPSA) is 57.5 Å². The van der Waals surface area contributed by atoms with Crippen molar-refractivity contribution in [3.63, 3.8) is 0 Å². The third kappa shape index (κ3) is 3.35. The molecule has 0 aliphatic heterocycles. The summed E-state index contributed by atoms with van der Waals surface area (Å²) >= 11 is 0. The van der Waals surface area contributed by atoms with E-state index in [0.29, 0.717) is 6.16 Å². The van der Waals surface area contributed by atoms with Crippen LogP contribution in [-0.4, -0.2) is 29.1 Å². The second-order valence-corrected chi connectivity index (χ2v) is 5.55. The molecule has 10 heavy (non-hydrogen) atoms. The van der Waals surface area contributed by atoms with E-state index in [9.17, 15) is 4.57 Å². The number of hydrogen-bond acceptors (Lipinski definition) is 3. The molecule has 0 heterocycles. The third-order valence-electron chi connectivity index (χ3n) is 1.43. The van der Waals surface area contributed by atoms with Gasteiger partial charge in [-0.25, -0.2) is 0 Å². The van der Waals surface area contributed by atoms with Gasteiger partial charge in [0.2, 0.25) is 0 Å². The smallest absolute Gasteiger partial charge is 0.136 e. The first-order valence-electron chi connectivity index (χ1n) is 3.47. The maximum atomic E-state index is 11.2. The Morgan fingerprint density at radius 3 is 2.10 bits per heavy atom. The Bertz CT molecular complexity index is 116. The van der Waals surface area contributed by atoms with Crippen molar-refractivity contribution in [2.45, 2.75) is 19.8 Å². The van der Waals surface area contributed by atoms with Crippen molar-refractivity contribution in [2.24, 2.45) is 0 Å². The fourth-order valence-electron chi connectivity index (χ4n) is 0.632. The molecule has 0 spiro atoms. The molecule has 0 aliphatic rings. The average Bonchev–Trinajstić information content (AvgIpc) is 2.00. The molecule has 4 heteroatoms. The molecule has 0 fully saturated rings. The van der Waals surface area contributed by atoms with E-state index in [1.165, 1.54) is 0 Å². The number of unbranched alkanes of at least 4 members (excludes halogenated alkanes) is 1. The molecule has 0 aromatic heterocycles. The van der Waals surface area contributed by atoms with Crippen molar-refractivity contribution in [2.75, 3.05) is 18.9 Å². The van der Waals surface area contributed by atoms with Crippen LogP contribution in [0.3, 0.4) is 0 Å². The molecule has 0 amide bonds. The second-order valence-electron chi connectivity index (χ2n) is 2.42. The monoisotopic (exact) mass is 166 g/mol. The molecule has 0 saturated heterocycles. The molecule has 0 radical (unpaired) electrons. The van der Waals surface area contributed by atoms with Crippen LogP contribution >= 0.6 is 7.14 Å². The van der Waals surface area contributed by atoms with Crippen molar-refractivity contribution in [1.29, 1.82) is 0 Å². The number of rotatable bonds is 5. The summed E-state index contributed by atoms with van der Waals surface area (Å²) < 4.78 is 11.2. The quantitative estimate of drug-likeness (QED) is 0.600. The van der Waals surface area contributed by atoms with Crippen LogP contribution in [0.4, 0.5) is 0 Å². The molecular formula is C6H15O3P. The lowest BCUT2D eigenvalue weighted by Gasteiger charge is -2.10. The minimum atomic E-state index is -2.59. The Hall–Kier alpha value is 0.150. The standard InChI is InChI=1S/C6H15O3P/c1-2-3-4-10(9,5-7)6-8/h7-8H,2-6H2,1H3. The van der Waals surface area contributed by atoms with Gasteiger partial charge in [0, 0.05) is 6.16 Å². The predicted molar refractivity (Wildman–Crippen MR) is 41.6 cm³/mol. The van der Waals surface area contributed by atoms with Gasteiger partial charge in [-0.1, -0.05) is 13.3 Å². The van der Waals surface area contributed by atoms with Gasteiger partial charge in [0.15, 0.2) is 0 Å². The van der Waals surface area contributed by atoms with Gasteiger partial charge in [-0.2, -0.15) is 0 Å². The third-order valence-corrected chi connectivity index (χ3v) is 3.60. The van der Waals surface area contributed by atoms with E-state index in [1.54, 1.807) is 0 Å². The highest BCUT2D eigenvalue weighted by atomic mass is 31.2. The number of aliphatic hydroxyl groups excluding tert-OH is 2. The summed E-state index contributed by atoms with van der Waals surface area (Å²) in [5.74, 6) is 0.